The lowest BCUT2D eigenvalue weighted by Crippen LogP contribution is -2.10. The minimum Gasteiger partial charge on any atom is -0.496 e. The van der Waals surface area contributed by atoms with Crippen LogP contribution in [0.4, 0.5) is 0 Å². The van der Waals surface area contributed by atoms with E-state index in [-0.39, 0.29) is 11.3 Å². The van der Waals surface area contributed by atoms with Crippen LogP contribution in [-0.4, -0.2) is 26.2 Å². The summed E-state index contributed by atoms with van der Waals surface area (Å²) in [4.78, 5) is 23.7. The summed E-state index contributed by atoms with van der Waals surface area (Å²) in [6.45, 7) is 0. The highest BCUT2D eigenvalue weighted by molar-refractivity contribution is 5.98. The molecule has 0 radical (unpaired) electrons. The maximum absolute atomic E-state index is 12.3. The van der Waals surface area contributed by atoms with Gasteiger partial charge in [-0.15, -0.1) is 0 Å². The summed E-state index contributed by atoms with van der Waals surface area (Å²) in [5.74, 6) is -0.640. The predicted octanol–water partition coefficient (Wildman–Crippen LogP) is 2.99. The lowest BCUT2D eigenvalue weighted by Gasteiger charge is -2.08. The second-order valence-corrected chi connectivity index (χ2v) is 4.82. The molecule has 2 aromatic carbocycles. The highest BCUT2D eigenvalue weighted by Gasteiger charge is 2.14. The van der Waals surface area contributed by atoms with Gasteiger partial charge in [0.2, 0.25) is 0 Å². The van der Waals surface area contributed by atoms with Crippen LogP contribution in [-0.2, 0) is 9.53 Å². The van der Waals surface area contributed by atoms with Crippen molar-refractivity contribution < 1.29 is 23.8 Å². The molecule has 0 amide bonds. The van der Waals surface area contributed by atoms with Gasteiger partial charge < -0.3 is 14.2 Å². The van der Waals surface area contributed by atoms with Gasteiger partial charge in [-0.1, -0.05) is 24.3 Å². The van der Waals surface area contributed by atoms with Crippen LogP contribution in [0, 0.1) is 11.3 Å². The Hall–Kier alpha value is -3.59. The van der Waals surface area contributed by atoms with E-state index in [9.17, 15) is 9.59 Å². The number of carbonyl (C=O) groups excluding carboxylic acids is 2. The van der Waals surface area contributed by atoms with E-state index < -0.39 is 11.9 Å². The Morgan fingerprint density at radius 2 is 1.84 bits per heavy atom. The molecule has 0 atom stereocenters. The lowest BCUT2D eigenvalue weighted by molar-refractivity contribution is -0.135. The second-order valence-electron chi connectivity index (χ2n) is 4.82. The molecule has 2 rings (SSSR count). The fourth-order valence-corrected chi connectivity index (χ4v) is 2.06. The van der Waals surface area contributed by atoms with E-state index in [0.717, 1.165) is 0 Å². The van der Waals surface area contributed by atoms with Gasteiger partial charge in [-0.3, -0.25) is 0 Å². The van der Waals surface area contributed by atoms with E-state index in [4.69, 9.17) is 14.7 Å². The van der Waals surface area contributed by atoms with E-state index in [0.29, 0.717) is 16.9 Å². The molecular formula is C19H15NO5. The van der Waals surface area contributed by atoms with Crippen LogP contribution in [0.5, 0.6) is 11.5 Å². The molecule has 0 aromatic heterocycles. The number of carbonyl (C=O) groups is 2. The van der Waals surface area contributed by atoms with Crippen molar-refractivity contribution in [1.82, 2.24) is 0 Å². The SMILES string of the molecule is COC(=O)C(C#N)=Cc1cccc(OC(=O)c2ccccc2OC)c1. The van der Waals surface area contributed by atoms with Crippen LogP contribution >= 0.6 is 0 Å². The van der Waals surface area contributed by atoms with Crippen molar-refractivity contribution in [1.29, 1.82) is 5.26 Å². The molecule has 25 heavy (non-hydrogen) atoms. The minimum atomic E-state index is -0.737. The molecule has 6 heteroatoms. The van der Waals surface area contributed by atoms with E-state index in [1.807, 2.05) is 0 Å². The van der Waals surface area contributed by atoms with Crippen LogP contribution in [0.1, 0.15) is 15.9 Å². The normalized spacial score (nSPS) is 10.5. The maximum Gasteiger partial charge on any atom is 0.348 e. The number of benzene rings is 2. The zero-order valence-corrected chi connectivity index (χ0v) is 13.7. The van der Waals surface area contributed by atoms with Crippen molar-refractivity contribution >= 4 is 18.0 Å². The van der Waals surface area contributed by atoms with Crippen molar-refractivity contribution in [3.8, 4) is 17.6 Å². The number of rotatable bonds is 5. The highest BCUT2D eigenvalue weighted by atomic mass is 16.5. The number of hydrogen-bond acceptors (Lipinski definition) is 6. The maximum atomic E-state index is 12.3. The van der Waals surface area contributed by atoms with Crippen LogP contribution in [0.2, 0.25) is 0 Å². The summed E-state index contributed by atoms with van der Waals surface area (Å²) in [7, 11) is 2.66. The molecule has 0 aliphatic rings. The zero-order chi connectivity index (χ0) is 18.2. The molecule has 0 aliphatic heterocycles. The molecule has 2 aromatic rings. The predicted molar refractivity (Wildman–Crippen MR) is 90.0 cm³/mol. The number of methoxy groups -OCH3 is 2. The molecule has 0 saturated carbocycles. The van der Waals surface area contributed by atoms with Gasteiger partial charge in [0.05, 0.1) is 14.2 Å². The van der Waals surface area contributed by atoms with E-state index >= 15 is 0 Å². The number of nitriles is 1. The third-order valence-corrected chi connectivity index (χ3v) is 3.23. The number of hydrogen-bond donors (Lipinski definition) is 0. The number of nitrogens with zero attached hydrogens (tertiary/aromatic N) is 1. The quantitative estimate of drug-likeness (QED) is 0.361. The lowest BCUT2D eigenvalue weighted by atomic mass is 10.1. The monoisotopic (exact) mass is 337 g/mol. The van der Waals surface area contributed by atoms with Crippen molar-refractivity contribution in [3.63, 3.8) is 0 Å². The fourth-order valence-electron chi connectivity index (χ4n) is 2.06. The molecule has 0 spiro atoms. The third-order valence-electron chi connectivity index (χ3n) is 3.23. The number of para-hydroxylation sites is 1. The Kier molecular flexibility index (Phi) is 5.91. The van der Waals surface area contributed by atoms with Gasteiger partial charge in [0.25, 0.3) is 0 Å². The molecule has 6 nitrogen and oxygen atoms in total. The van der Waals surface area contributed by atoms with Crippen LogP contribution in [0.25, 0.3) is 6.08 Å². The Balaban J connectivity index is 2.25. The Bertz CT molecular complexity index is 864. The van der Waals surface area contributed by atoms with Crippen LogP contribution in [0.3, 0.4) is 0 Å². The first-order valence-electron chi connectivity index (χ1n) is 7.24. The first-order chi connectivity index (χ1) is 12.1. The van der Waals surface area contributed by atoms with Crippen molar-refractivity contribution in [2.24, 2.45) is 0 Å². The Labute approximate surface area is 144 Å². The van der Waals surface area contributed by atoms with Gasteiger partial charge in [-0.2, -0.15) is 5.26 Å². The molecule has 0 N–H and O–H groups in total. The van der Waals surface area contributed by atoms with E-state index in [1.54, 1.807) is 48.5 Å². The molecule has 126 valence electrons. The largest absolute Gasteiger partial charge is 0.496 e. The van der Waals surface area contributed by atoms with Crippen LogP contribution in [0.15, 0.2) is 54.1 Å². The van der Waals surface area contributed by atoms with Gasteiger partial charge in [-0.05, 0) is 35.9 Å². The summed E-state index contributed by atoms with van der Waals surface area (Å²) < 4.78 is 15.0. The molecular weight excluding hydrogens is 322 g/mol. The van der Waals surface area contributed by atoms with Gasteiger partial charge in [0.15, 0.2) is 0 Å². The molecule has 0 fully saturated rings. The first-order valence-corrected chi connectivity index (χ1v) is 7.24. The summed E-state index contributed by atoms with van der Waals surface area (Å²) in [6, 6.07) is 14.9. The smallest absolute Gasteiger partial charge is 0.348 e. The second kappa shape index (κ2) is 8.31. The summed E-state index contributed by atoms with van der Waals surface area (Å²) >= 11 is 0. The molecule has 0 heterocycles. The topological polar surface area (TPSA) is 85.6 Å². The van der Waals surface area contributed by atoms with E-state index in [1.165, 1.54) is 26.4 Å². The summed E-state index contributed by atoms with van der Waals surface area (Å²) in [6.07, 6.45) is 1.35. The zero-order valence-electron chi connectivity index (χ0n) is 13.7. The minimum absolute atomic E-state index is 0.157. The average Bonchev–Trinajstić information content (AvgIpc) is 2.65. The standard InChI is InChI=1S/C19H15NO5/c1-23-17-9-4-3-8-16(17)19(22)25-15-7-5-6-13(11-15)10-14(12-20)18(21)24-2/h3-11H,1-2H3. The first kappa shape index (κ1) is 17.8. The van der Waals surface area contributed by atoms with Gasteiger partial charge >= 0.3 is 11.9 Å². The number of ether oxygens (including phenoxy) is 3. The van der Waals surface area contributed by atoms with E-state index in [2.05, 4.69) is 4.74 Å². The molecule has 0 aliphatic carbocycles. The van der Waals surface area contributed by atoms with Crippen LogP contribution < -0.4 is 9.47 Å². The van der Waals surface area contributed by atoms with Crippen molar-refractivity contribution in [3.05, 3.63) is 65.2 Å². The van der Waals surface area contributed by atoms with Gasteiger partial charge in [0.1, 0.15) is 28.7 Å². The Morgan fingerprint density at radius 1 is 1.08 bits per heavy atom. The van der Waals surface area contributed by atoms with Crippen molar-refractivity contribution in [2.45, 2.75) is 0 Å². The number of esters is 2. The molecule has 0 bridgehead atoms. The van der Waals surface area contributed by atoms with Crippen molar-refractivity contribution in [2.75, 3.05) is 14.2 Å². The summed E-state index contributed by atoms with van der Waals surface area (Å²) in [5.41, 5.74) is 0.654. The summed E-state index contributed by atoms with van der Waals surface area (Å²) in [5, 5.41) is 8.99. The highest BCUT2D eigenvalue weighted by Crippen LogP contribution is 2.21. The fraction of sp³-hybridized carbons (Fsp3) is 0.105. The van der Waals surface area contributed by atoms with Gasteiger partial charge in [-0.25, -0.2) is 9.59 Å². The Morgan fingerprint density at radius 3 is 2.52 bits per heavy atom. The van der Waals surface area contributed by atoms with Gasteiger partial charge in [0, 0.05) is 0 Å². The average molecular weight is 337 g/mol. The third kappa shape index (κ3) is 4.45. The molecule has 0 saturated heterocycles. The molecule has 0 unspecified atom stereocenters.